The Morgan fingerprint density at radius 1 is 1.11 bits per heavy atom. The van der Waals surface area contributed by atoms with E-state index in [1.165, 1.54) is 12.1 Å². The van der Waals surface area contributed by atoms with Crippen LogP contribution in [0.4, 0.5) is 4.39 Å². The molecule has 1 aliphatic rings. The van der Waals surface area contributed by atoms with Gasteiger partial charge in [0.25, 0.3) is 0 Å². The monoisotopic (exact) mass is 383 g/mol. The van der Waals surface area contributed by atoms with Crippen LogP contribution < -0.4 is 4.74 Å². The van der Waals surface area contributed by atoms with Crippen LogP contribution in [0.1, 0.15) is 36.8 Å². The van der Waals surface area contributed by atoms with Crippen molar-refractivity contribution in [1.29, 1.82) is 0 Å². The van der Waals surface area contributed by atoms with E-state index in [9.17, 15) is 9.50 Å². The van der Waals surface area contributed by atoms with Crippen molar-refractivity contribution in [3.05, 3.63) is 71.0 Å². The fourth-order valence-corrected chi connectivity index (χ4v) is 4.24. The molecule has 1 aliphatic carbocycles. The first kappa shape index (κ1) is 20.6. The Morgan fingerprint density at radius 2 is 1.79 bits per heavy atom. The number of ether oxygens (including phenoxy) is 1. The Hall–Kier alpha value is -2.17. The molecule has 28 heavy (non-hydrogen) atoms. The lowest BCUT2D eigenvalue weighted by molar-refractivity contribution is 0.000439. The molecule has 0 radical (unpaired) electrons. The second-order valence-corrected chi connectivity index (χ2v) is 7.92. The maximum Gasteiger partial charge on any atom is 0.123 e. The third-order valence-corrected chi connectivity index (χ3v) is 5.66. The first-order valence-electron chi connectivity index (χ1n) is 9.91. The van der Waals surface area contributed by atoms with Crippen molar-refractivity contribution >= 4 is 6.08 Å². The van der Waals surface area contributed by atoms with Crippen LogP contribution in [0.15, 0.2) is 54.1 Å². The fourth-order valence-electron chi connectivity index (χ4n) is 4.24. The number of rotatable bonds is 5. The van der Waals surface area contributed by atoms with Crippen LogP contribution in [0.3, 0.4) is 0 Å². The Labute approximate surface area is 167 Å². The summed E-state index contributed by atoms with van der Waals surface area (Å²) in [6, 6.07) is 14.2. The van der Waals surface area contributed by atoms with Crippen molar-refractivity contribution in [1.82, 2.24) is 4.90 Å². The van der Waals surface area contributed by atoms with Gasteiger partial charge in [0, 0.05) is 12.5 Å². The van der Waals surface area contributed by atoms with Gasteiger partial charge in [0.2, 0.25) is 0 Å². The number of halogens is 1. The van der Waals surface area contributed by atoms with Crippen molar-refractivity contribution in [3.63, 3.8) is 0 Å². The SMILES string of the molecule is COc1ccc(/C=C2\CCCCC(CN(C)C)C2(O)c2ccc(F)cc2)cc1. The van der Waals surface area contributed by atoms with Crippen LogP contribution in [0.2, 0.25) is 0 Å². The largest absolute Gasteiger partial charge is 0.497 e. The molecule has 0 saturated heterocycles. The first-order valence-corrected chi connectivity index (χ1v) is 9.91. The molecular weight excluding hydrogens is 353 g/mol. The number of hydrogen-bond donors (Lipinski definition) is 1. The molecule has 1 fully saturated rings. The molecule has 2 aromatic carbocycles. The van der Waals surface area contributed by atoms with E-state index < -0.39 is 5.60 Å². The van der Waals surface area contributed by atoms with E-state index >= 15 is 0 Å². The smallest absolute Gasteiger partial charge is 0.123 e. The Balaban J connectivity index is 2.09. The second-order valence-electron chi connectivity index (χ2n) is 7.92. The summed E-state index contributed by atoms with van der Waals surface area (Å²) in [5.74, 6) is 0.563. The lowest BCUT2D eigenvalue weighted by atomic mass is 9.74. The predicted octanol–water partition coefficient (Wildman–Crippen LogP) is 4.86. The normalized spacial score (nSPS) is 24.4. The van der Waals surface area contributed by atoms with Gasteiger partial charge in [-0.25, -0.2) is 4.39 Å². The van der Waals surface area contributed by atoms with Crippen LogP contribution in [0.5, 0.6) is 5.75 Å². The van der Waals surface area contributed by atoms with Gasteiger partial charge in [0.15, 0.2) is 0 Å². The molecule has 0 aliphatic heterocycles. The summed E-state index contributed by atoms with van der Waals surface area (Å²) < 4.78 is 18.8. The molecule has 0 aromatic heterocycles. The molecule has 3 rings (SSSR count). The molecule has 0 heterocycles. The average Bonchev–Trinajstić information content (AvgIpc) is 2.83. The molecule has 4 heteroatoms. The van der Waals surface area contributed by atoms with Gasteiger partial charge in [-0.15, -0.1) is 0 Å². The Bertz CT molecular complexity index is 798. The zero-order chi connectivity index (χ0) is 20.1. The summed E-state index contributed by atoms with van der Waals surface area (Å²) in [5, 5.41) is 12.1. The molecular formula is C24H30FNO2. The number of methoxy groups -OCH3 is 1. The van der Waals surface area contributed by atoms with E-state index in [0.29, 0.717) is 0 Å². The lowest BCUT2D eigenvalue weighted by Crippen LogP contribution is -2.41. The lowest BCUT2D eigenvalue weighted by Gasteiger charge is -2.39. The molecule has 2 atom stereocenters. The molecule has 0 spiro atoms. The van der Waals surface area contributed by atoms with Gasteiger partial charge in [-0.2, -0.15) is 0 Å². The number of hydrogen-bond acceptors (Lipinski definition) is 3. The minimum absolute atomic E-state index is 0.0416. The molecule has 150 valence electrons. The summed E-state index contributed by atoms with van der Waals surface area (Å²) in [6.45, 7) is 0.772. The van der Waals surface area contributed by atoms with E-state index in [4.69, 9.17) is 4.74 Å². The Morgan fingerprint density at radius 3 is 2.39 bits per heavy atom. The maximum absolute atomic E-state index is 13.6. The molecule has 2 aromatic rings. The topological polar surface area (TPSA) is 32.7 Å². The quantitative estimate of drug-likeness (QED) is 0.749. The van der Waals surface area contributed by atoms with E-state index in [0.717, 1.165) is 54.7 Å². The summed E-state index contributed by atoms with van der Waals surface area (Å²) in [6.07, 6.45) is 5.96. The van der Waals surface area contributed by atoms with E-state index in [1.54, 1.807) is 19.2 Å². The zero-order valence-electron chi connectivity index (χ0n) is 17.0. The van der Waals surface area contributed by atoms with Crippen LogP contribution in [0.25, 0.3) is 6.08 Å². The van der Waals surface area contributed by atoms with E-state index in [2.05, 4.69) is 11.0 Å². The summed E-state index contributed by atoms with van der Waals surface area (Å²) in [7, 11) is 5.71. The molecule has 0 bridgehead atoms. The highest BCUT2D eigenvalue weighted by molar-refractivity contribution is 5.58. The summed E-state index contributed by atoms with van der Waals surface area (Å²) >= 11 is 0. The predicted molar refractivity (Wildman–Crippen MR) is 112 cm³/mol. The summed E-state index contributed by atoms with van der Waals surface area (Å²) in [5.41, 5.74) is 1.67. The molecule has 0 amide bonds. The van der Waals surface area contributed by atoms with Gasteiger partial charge in [-0.1, -0.05) is 36.8 Å². The standard InChI is InChI=1S/C24H30FNO2/c1-26(2)17-21-7-5-4-6-20(16-18-8-14-23(28-3)15-9-18)24(21,27)19-10-12-22(25)13-11-19/h8-16,21,27H,4-7,17H2,1-3H3/b20-16+. The molecule has 3 nitrogen and oxygen atoms in total. The second kappa shape index (κ2) is 8.89. The van der Waals surface area contributed by atoms with Gasteiger partial charge in [-0.05, 0) is 74.3 Å². The van der Waals surface area contributed by atoms with Crippen LogP contribution in [-0.2, 0) is 5.60 Å². The highest BCUT2D eigenvalue weighted by Gasteiger charge is 2.42. The Kier molecular flexibility index (Phi) is 6.53. The first-order chi connectivity index (χ1) is 13.4. The van der Waals surface area contributed by atoms with Crippen LogP contribution in [0, 0.1) is 11.7 Å². The third-order valence-electron chi connectivity index (χ3n) is 5.66. The van der Waals surface area contributed by atoms with E-state index in [1.807, 2.05) is 38.4 Å². The minimum Gasteiger partial charge on any atom is -0.497 e. The van der Waals surface area contributed by atoms with Gasteiger partial charge in [0.1, 0.15) is 17.2 Å². The van der Waals surface area contributed by atoms with Crippen molar-refractivity contribution in [2.45, 2.75) is 31.3 Å². The van der Waals surface area contributed by atoms with Gasteiger partial charge >= 0.3 is 0 Å². The molecule has 1 N–H and O–H groups in total. The van der Waals surface area contributed by atoms with E-state index in [-0.39, 0.29) is 11.7 Å². The zero-order valence-corrected chi connectivity index (χ0v) is 17.0. The number of nitrogens with zero attached hydrogens (tertiary/aromatic N) is 1. The highest BCUT2D eigenvalue weighted by Crippen LogP contribution is 2.45. The third kappa shape index (κ3) is 4.45. The maximum atomic E-state index is 13.6. The minimum atomic E-state index is -1.12. The van der Waals surface area contributed by atoms with Gasteiger partial charge in [-0.3, -0.25) is 0 Å². The van der Waals surface area contributed by atoms with Gasteiger partial charge < -0.3 is 14.7 Å². The number of aliphatic hydroxyl groups is 1. The van der Waals surface area contributed by atoms with Crippen molar-refractivity contribution < 1.29 is 14.2 Å². The molecule has 1 saturated carbocycles. The van der Waals surface area contributed by atoms with Crippen molar-refractivity contribution in [3.8, 4) is 5.75 Å². The summed E-state index contributed by atoms with van der Waals surface area (Å²) in [4.78, 5) is 2.12. The molecule has 2 unspecified atom stereocenters. The number of benzene rings is 2. The van der Waals surface area contributed by atoms with Crippen LogP contribution >= 0.6 is 0 Å². The average molecular weight is 384 g/mol. The van der Waals surface area contributed by atoms with Crippen LogP contribution in [-0.4, -0.2) is 37.8 Å². The van der Waals surface area contributed by atoms with Gasteiger partial charge in [0.05, 0.1) is 7.11 Å². The highest BCUT2D eigenvalue weighted by atomic mass is 19.1. The fraction of sp³-hybridized carbons (Fsp3) is 0.417. The van der Waals surface area contributed by atoms with Crippen molar-refractivity contribution in [2.24, 2.45) is 5.92 Å². The van der Waals surface area contributed by atoms with Crippen molar-refractivity contribution in [2.75, 3.05) is 27.7 Å².